The van der Waals surface area contributed by atoms with Gasteiger partial charge >= 0.3 is 0 Å². The zero-order valence-electron chi connectivity index (χ0n) is 10.7. The van der Waals surface area contributed by atoms with E-state index in [4.69, 9.17) is 16.7 Å². The highest BCUT2D eigenvalue weighted by Gasteiger charge is 2.25. The molecular weight excluding hydrogens is 278 g/mol. The number of carbonyl (C=O) groups is 1. The zero-order chi connectivity index (χ0) is 14.1. The number of imidazole rings is 1. The van der Waals surface area contributed by atoms with Crippen molar-refractivity contribution in [1.82, 2.24) is 15.3 Å². The van der Waals surface area contributed by atoms with Crippen LogP contribution in [0.3, 0.4) is 0 Å². The van der Waals surface area contributed by atoms with Crippen molar-refractivity contribution in [3.63, 3.8) is 0 Å². The van der Waals surface area contributed by atoms with Crippen molar-refractivity contribution in [2.24, 2.45) is 0 Å². The molecule has 104 valence electrons. The SMILES string of the molecule is O=C1NC[C@H](c2ccc(Cl)cc2)Cc2[nH]c(CO)nc21. The van der Waals surface area contributed by atoms with Crippen molar-refractivity contribution in [3.8, 4) is 0 Å². The molecule has 5 nitrogen and oxygen atoms in total. The highest BCUT2D eigenvalue weighted by Crippen LogP contribution is 2.25. The highest BCUT2D eigenvalue weighted by molar-refractivity contribution is 6.30. The number of carbonyl (C=O) groups excluding carboxylic acids is 1. The number of halogens is 1. The van der Waals surface area contributed by atoms with Crippen LogP contribution >= 0.6 is 11.6 Å². The van der Waals surface area contributed by atoms with Crippen LogP contribution < -0.4 is 5.32 Å². The molecule has 1 aliphatic heterocycles. The third-order valence-corrected chi connectivity index (χ3v) is 3.75. The molecule has 6 heteroatoms. The monoisotopic (exact) mass is 291 g/mol. The first kappa shape index (κ1) is 13.1. The molecule has 3 rings (SSSR count). The molecule has 1 aromatic heterocycles. The summed E-state index contributed by atoms with van der Waals surface area (Å²) in [6.07, 6.45) is 0.669. The van der Waals surface area contributed by atoms with Gasteiger partial charge in [-0.05, 0) is 24.1 Å². The summed E-state index contributed by atoms with van der Waals surface area (Å²) in [7, 11) is 0. The van der Waals surface area contributed by atoms with Crippen LogP contribution in [0.5, 0.6) is 0 Å². The van der Waals surface area contributed by atoms with E-state index in [0.29, 0.717) is 29.5 Å². The summed E-state index contributed by atoms with van der Waals surface area (Å²) < 4.78 is 0. The second-order valence-electron chi connectivity index (χ2n) is 4.83. The Morgan fingerprint density at radius 3 is 2.80 bits per heavy atom. The number of benzene rings is 1. The van der Waals surface area contributed by atoms with E-state index in [2.05, 4.69) is 15.3 Å². The van der Waals surface area contributed by atoms with Crippen molar-refractivity contribution in [2.45, 2.75) is 18.9 Å². The van der Waals surface area contributed by atoms with Crippen molar-refractivity contribution in [3.05, 3.63) is 52.1 Å². The maximum Gasteiger partial charge on any atom is 0.271 e. The predicted octanol–water partition coefficient (Wildman–Crippen LogP) is 1.63. The summed E-state index contributed by atoms with van der Waals surface area (Å²) in [5.74, 6) is 0.374. The molecule has 1 aliphatic rings. The van der Waals surface area contributed by atoms with Gasteiger partial charge in [0.05, 0.1) is 0 Å². The average molecular weight is 292 g/mol. The van der Waals surface area contributed by atoms with Crippen molar-refractivity contribution < 1.29 is 9.90 Å². The Balaban J connectivity index is 1.93. The molecule has 2 heterocycles. The summed E-state index contributed by atoms with van der Waals surface area (Å²) >= 11 is 5.90. The lowest BCUT2D eigenvalue weighted by Crippen LogP contribution is -2.26. The molecule has 0 radical (unpaired) electrons. The van der Waals surface area contributed by atoms with E-state index in [9.17, 15) is 4.79 Å². The summed E-state index contributed by atoms with van der Waals surface area (Å²) in [5.41, 5.74) is 2.26. The molecule has 0 bridgehead atoms. The predicted molar refractivity (Wildman–Crippen MR) is 74.7 cm³/mol. The molecule has 1 aromatic carbocycles. The summed E-state index contributed by atoms with van der Waals surface area (Å²) in [6, 6.07) is 7.62. The molecule has 20 heavy (non-hydrogen) atoms. The van der Waals surface area contributed by atoms with Gasteiger partial charge < -0.3 is 15.4 Å². The number of fused-ring (bicyclic) bond motifs is 1. The normalized spacial score (nSPS) is 18.3. The van der Waals surface area contributed by atoms with Crippen molar-refractivity contribution >= 4 is 17.5 Å². The number of nitrogens with one attached hydrogen (secondary N) is 2. The number of hydrogen-bond donors (Lipinski definition) is 3. The first-order valence-electron chi connectivity index (χ1n) is 6.39. The maximum absolute atomic E-state index is 12.0. The molecule has 0 spiro atoms. The number of rotatable bonds is 2. The average Bonchev–Trinajstić information content (AvgIpc) is 2.81. The Morgan fingerprint density at radius 2 is 2.10 bits per heavy atom. The van der Waals surface area contributed by atoms with Crippen molar-refractivity contribution in [2.75, 3.05) is 6.54 Å². The van der Waals surface area contributed by atoms with Gasteiger partial charge in [-0.1, -0.05) is 23.7 Å². The van der Waals surface area contributed by atoms with E-state index in [-0.39, 0.29) is 18.4 Å². The lowest BCUT2D eigenvalue weighted by molar-refractivity contribution is 0.0950. The summed E-state index contributed by atoms with van der Waals surface area (Å²) in [5, 5.41) is 12.7. The first-order chi connectivity index (χ1) is 9.67. The largest absolute Gasteiger partial charge is 0.388 e. The van der Waals surface area contributed by atoms with Gasteiger partial charge in [0, 0.05) is 23.2 Å². The molecule has 0 unspecified atom stereocenters. The Bertz CT molecular complexity index is 636. The lowest BCUT2D eigenvalue weighted by Gasteiger charge is -2.14. The van der Waals surface area contributed by atoms with E-state index < -0.39 is 0 Å². The van der Waals surface area contributed by atoms with Crippen molar-refractivity contribution in [1.29, 1.82) is 0 Å². The number of hydrogen-bond acceptors (Lipinski definition) is 3. The van der Waals surface area contributed by atoms with Gasteiger partial charge in [0.1, 0.15) is 18.1 Å². The van der Waals surface area contributed by atoms with E-state index in [1.807, 2.05) is 24.3 Å². The quantitative estimate of drug-likeness (QED) is 0.787. The standard InChI is InChI=1S/C14H14ClN3O2/c15-10-3-1-8(2-4-10)9-5-11-13(14(20)16-6-9)18-12(7-19)17-11/h1-4,9,19H,5-7H2,(H,16,20)(H,17,18)/t9-/m1/s1. The van der Waals surface area contributed by atoms with Crippen LogP contribution in [0.15, 0.2) is 24.3 Å². The number of H-pyrrole nitrogens is 1. The number of nitrogens with zero attached hydrogens (tertiary/aromatic N) is 1. The van der Waals surface area contributed by atoms with Crippen LogP contribution in [0.1, 0.15) is 33.5 Å². The van der Waals surface area contributed by atoms with Gasteiger partial charge in [0.2, 0.25) is 0 Å². The number of aromatic nitrogens is 2. The fraction of sp³-hybridized carbons (Fsp3) is 0.286. The van der Waals surface area contributed by atoms with Crippen LogP contribution in [-0.2, 0) is 13.0 Å². The molecule has 0 saturated carbocycles. The third-order valence-electron chi connectivity index (χ3n) is 3.49. The van der Waals surface area contributed by atoms with E-state index >= 15 is 0 Å². The highest BCUT2D eigenvalue weighted by atomic mass is 35.5. The zero-order valence-corrected chi connectivity index (χ0v) is 11.4. The molecule has 0 saturated heterocycles. The Labute approximate surface area is 121 Å². The first-order valence-corrected chi connectivity index (χ1v) is 6.77. The van der Waals surface area contributed by atoms with Crippen LogP contribution in [0.4, 0.5) is 0 Å². The second kappa shape index (κ2) is 5.26. The van der Waals surface area contributed by atoms with Gasteiger partial charge in [0.25, 0.3) is 5.91 Å². The van der Waals surface area contributed by atoms with Crippen LogP contribution in [0.2, 0.25) is 5.02 Å². The molecule has 1 amide bonds. The topological polar surface area (TPSA) is 78.0 Å². The minimum atomic E-state index is -0.202. The molecule has 1 atom stereocenters. The third kappa shape index (κ3) is 2.42. The molecule has 0 aliphatic carbocycles. The van der Waals surface area contributed by atoms with Gasteiger partial charge in [-0.2, -0.15) is 0 Å². The van der Waals surface area contributed by atoms with Gasteiger partial charge in [0.15, 0.2) is 0 Å². The number of amides is 1. The summed E-state index contributed by atoms with van der Waals surface area (Å²) in [4.78, 5) is 19.1. The minimum Gasteiger partial charge on any atom is -0.388 e. The smallest absolute Gasteiger partial charge is 0.271 e. The maximum atomic E-state index is 12.0. The Hall–Kier alpha value is -1.85. The second-order valence-corrected chi connectivity index (χ2v) is 5.27. The number of aromatic amines is 1. The number of aliphatic hydroxyl groups excluding tert-OH is 1. The Morgan fingerprint density at radius 1 is 1.35 bits per heavy atom. The fourth-order valence-electron chi connectivity index (χ4n) is 2.46. The van der Waals surface area contributed by atoms with Gasteiger partial charge in [-0.3, -0.25) is 4.79 Å². The lowest BCUT2D eigenvalue weighted by atomic mass is 9.94. The van der Waals surface area contributed by atoms with Crippen LogP contribution in [0, 0.1) is 0 Å². The molecular formula is C14H14ClN3O2. The van der Waals surface area contributed by atoms with Crippen LogP contribution in [-0.4, -0.2) is 27.5 Å². The minimum absolute atomic E-state index is 0.157. The summed E-state index contributed by atoms with van der Waals surface area (Å²) in [6.45, 7) is 0.352. The van der Waals surface area contributed by atoms with Gasteiger partial charge in [-0.15, -0.1) is 0 Å². The van der Waals surface area contributed by atoms with E-state index in [1.165, 1.54) is 0 Å². The van der Waals surface area contributed by atoms with Crippen LogP contribution in [0.25, 0.3) is 0 Å². The molecule has 0 fully saturated rings. The molecule has 3 N–H and O–H groups in total. The van der Waals surface area contributed by atoms with E-state index in [0.717, 1.165) is 11.3 Å². The molecule has 2 aromatic rings. The fourth-order valence-corrected chi connectivity index (χ4v) is 2.59. The Kier molecular flexibility index (Phi) is 3.46. The number of aliphatic hydroxyl groups is 1. The van der Waals surface area contributed by atoms with Gasteiger partial charge in [-0.25, -0.2) is 4.98 Å². The van der Waals surface area contributed by atoms with E-state index in [1.54, 1.807) is 0 Å².